The van der Waals surface area contributed by atoms with Gasteiger partial charge in [0, 0.05) is 12.6 Å². The molecule has 4 heteroatoms. The van der Waals surface area contributed by atoms with Gasteiger partial charge in [0.1, 0.15) is 0 Å². The van der Waals surface area contributed by atoms with Crippen molar-refractivity contribution in [3.05, 3.63) is 35.9 Å². The van der Waals surface area contributed by atoms with Crippen molar-refractivity contribution in [2.75, 3.05) is 6.54 Å². The maximum absolute atomic E-state index is 11.3. The molecule has 84 valence electrons. The number of carbonyl (C=O) groups excluding carboxylic acids is 1. The van der Waals surface area contributed by atoms with Gasteiger partial charge in [-0.05, 0) is 18.4 Å². The van der Waals surface area contributed by atoms with E-state index in [2.05, 4.69) is 27.9 Å². The Morgan fingerprint density at radius 3 is 2.81 bits per heavy atom. The Bertz CT molecular complexity index is 393. The SMILES string of the molecule is O=C1NCC2CCC(c3ccccc3)N2N1. The predicted molar refractivity (Wildman–Crippen MR) is 60.6 cm³/mol. The molecule has 16 heavy (non-hydrogen) atoms. The highest BCUT2D eigenvalue weighted by molar-refractivity contribution is 5.74. The number of hydrogen-bond acceptors (Lipinski definition) is 2. The van der Waals surface area contributed by atoms with Crippen LogP contribution in [0.4, 0.5) is 4.79 Å². The number of nitrogens with zero attached hydrogens (tertiary/aromatic N) is 1. The highest BCUT2D eigenvalue weighted by Crippen LogP contribution is 2.34. The Hall–Kier alpha value is -1.55. The molecule has 2 aliphatic rings. The number of benzene rings is 1. The number of hydrogen-bond donors (Lipinski definition) is 2. The maximum Gasteiger partial charge on any atom is 0.329 e. The number of hydrazine groups is 1. The first kappa shape index (κ1) is 9.66. The zero-order valence-electron chi connectivity index (χ0n) is 9.02. The molecule has 2 unspecified atom stereocenters. The van der Waals surface area contributed by atoms with Crippen LogP contribution >= 0.6 is 0 Å². The summed E-state index contributed by atoms with van der Waals surface area (Å²) in [6.45, 7) is 0.759. The first-order valence-electron chi connectivity index (χ1n) is 5.72. The first-order chi connectivity index (χ1) is 7.84. The molecule has 0 spiro atoms. The molecule has 2 heterocycles. The predicted octanol–water partition coefficient (Wildman–Crippen LogP) is 1.42. The molecular formula is C12H15N3O. The van der Waals surface area contributed by atoms with Gasteiger partial charge in [0.05, 0.1) is 6.04 Å². The normalized spacial score (nSPS) is 29.4. The second kappa shape index (κ2) is 3.79. The standard InChI is InChI=1S/C12H15N3O/c16-12-13-8-10-6-7-11(15(10)14-12)9-4-2-1-3-5-9/h1-5,10-11H,6-8H2,(H2,13,14,16). The van der Waals surface area contributed by atoms with Crippen LogP contribution in [0.3, 0.4) is 0 Å². The van der Waals surface area contributed by atoms with E-state index in [1.807, 2.05) is 18.2 Å². The summed E-state index contributed by atoms with van der Waals surface area (Å²) >= 11 is 0. The van der Waals surface area contributed by atoms with Crippen LogP contribution in [-0.2, 0) is 0 Å². The molecule has 1 aromatic carbocycles. The number of nitrogens with one attached hydrogen (secondary N) is 2. The van der Waals surface area contributed by atoms with Gasteiger partial charge in [-0.2, -0.15) is 0 Å². The van der Waals surface area contributed by atoms with E-state index in [9.17, 15) is 4.79 Å². The van der Waals surface area contributed by atoms with E-state index in [-0.39, 0.29) is 6.03 Å². The Kier molecular flexibility index (Phi) is 2.29. The lowest BCUT2D eigenvalue weighted by atomic mass is 10.1. The van der Waals surface area contributed by atoms with Gasteiger partial charge >= 0.3 is 6.03 Å². The monoisotopic (exact) mass is 217 g/mol. The summed E-state index contributed by atoms with van der Waals surface area (Å²) in [6, 6.07) is 11.0. The third-order valence-electron chi connectivity index (χ3n) is 3.42. The van der Waals surface area contributed by atoms with Gasteiger partial charge in [-0.25, -0.2) is 9.80 Å². The zero-order valence-corrected chi connectivity index (χ0v) is 9.02. The fourth-order valence-electron chi connectivity index (χ4n) is 2.62. The highest BCUT2D eigenvalue weighted by Gasteiger charge is 2.37. The van der Waals surface area contributed by atoms with Gasteiger partial charge in [0.25, 0.3) is 0 Å². The maximum atomic E-state index is 11.3. The second-order valence-corrected chi connectivity index (χ2v) is 4.39. The molecule has 0 aromatic heterocycles. The van der Waals surface area contributed by atoms with Crippen LogP contribution in [0.25, 0.3) is 0 Å². The minimum atomic E-state index is -0.0842. The van der Waals surface area contributed by atoms with Gasteiger partial charge in [-0.15, -0.1) is 0 Å². The van der Waals surface area contributed by atoms with E-state index in [4.69, 9.17) is 0 Å². The second-order valence-electron chi connectivity index (χ2n) is 4.39. The van der Waals surface area contributed by atoms with Crippen molar-refractivity contribution >= 4 is 6.03 Å². The van der Waals surface area contributed by atoms with Gasteiger partial charge < -0.3 is 5.32 Å². The minimum absolute atomic E-state index is 0.0842. The lowest BCUT2D eigenvalue weighted by Gasteiger charge is -2.34. The van der Waals surface area contributed by atoms with Crippen molar-refractivity contribution in [1.82, 2.24) is 15.8 Å². The molecule has 2 amide bonds. The number of amides is 2. The molecule has 0 radical (unpaired) electrons. The molecule has 4 nitrogen and oxygen atoms in total. The molecular weight excluding hydrogens is 202 g/mol. The highest BCUT2D eigenvalue weighted by atomic mass is 16.2. The number of carbonyl (C=O) groups is 1. The molecule has 2 fully saturated rings. The third-order valence-corrected chi connectivity index (χ3v) is 3.42. The van der Waals surface area contributed by atoms with Gasteiger partial charge in [-0.3, -0.25) is 5.43 Å². The van der Waals surface area contributed by atoms with Crippen LogP contribution < -0.4 is 10.7 Å². The fourth-order valence-corrected chi connectivity index (χ4v) is 2.62. The van der Waals surface area contributed by atoms with E-state index in [0.29, 0.717) is 12.1 Å². The van der Waals surface area contributed by atoms with E-state index in [1.165, 1.54) is 5.56 Å². The third kappa shape index (κ3) is 1.55. The molecule has 3 rings (SSSR count). The van der Waals surface area contributed by atoms with E-state index in [0.717, 1.165) is 19.4 Å². The van der Waals surface area contributed by atoms with Gasteiger partial charge in [-0.1, -0.05) is 30.3 Å². The van der Waals surface area contributed by atoms with Crippen LogP contribution in [-0.4, -0.2) is 23.6 Å². The molecule has 1 aromatic rings. The van der Waals surface area contributed by atoms with Crippen molar-refractivity contribution in [2.24, 2.45) is 0 Å². The fraction of sp³-hybridized carbons (Fsp3) is 0.417. The van der Waals surface area contributed by atoms with Crippen molar-refractivity contribution in [1.29, 1.82) is 0 Å². The molecule has 0 aliphatic carbocycles. The lowest BCUT2D eigenvalue weighted by Crippen LogP contribution is -2.59. The Balaban J connectivity index is 1.84. The van der Waals surface area contributed by atoms with Crippen molar-refractivity contribution < 1.29 is 4.79 Å². The Morgan fingerprint density at radius 1 is 1.19 bits per heavy atom. The number of rotatable bonds is 1. The quantitative estimate of drug-likeness (QED) is 0.747. The summed E-state index contributed by atoms with van der Waals surface area (Å²) in [6.07, 6.45) is 2.24. The van der Waals surface area contributed by atoms with Crippen molar-refractivity contribution in [3.8, 4) is 0 Å². The lowest BCUT2D eigenvalue weighted by molar-refractivity contribution is 0.104. The zero-order chi connectivity index (χ0) is 11.0. The van der Waals surface area contributed by atoms with Gasteiger partial charge in [0.2, 0.25) is 0 Å². The van der Waals surface area contributed by atoms with Crippen LogP contribution in [0.5, 0.6) is 0 Å². The Labute approximate surface area is 94.6 Å². The van der Waals surface area contributed by atoms with Crippen molar-refractivity contribution in [3.63, 3.8) is 0 Å². The molecule has 2 aliphatic heterocycles. The van der Waals surface area contributed by atoms with Crippen LogP contribution in [0.1, 0.15) is 24.4 Å². The average Bonchev–Trinajstić information content (AvgIpc) is 2.73. The Morgan fingerprint density at radius 2 is 2.00 bits per heavy atom. The summed E-state index contributed by atoms with van der Waals surface area (Å²) in [7, 11) is 0. The molecule has 2 saturated heterocycles. The molecule has 0 bridgehead atoms. The molecule has 0 saturated carbocycles. The first-order valence-corrected chi connectivity index (χ1v) is 5.72. The van der Waals surface area contributed by atoms with E-state index < -0.39 is 0 Å². The number of fused-ring (bicyclic) bond motifs is 1. The number of urea groups is 1. The van der Waals surface area contributed by atoms with Gasteiger partial charge in [0.15, 0.2) is 0 Å². The molecule has 2 atom stereocenters. The summed E-state index contributed by atoms with van der Waals surface area (Å²) in [5.41, 5.74) is 4.19. The smallest absolute Gasteiger partial charge is 0.329 e. The van der Waals surface area contributed by atoms with Crippen molar-refractivity contribution in [2.45, 2.75) is 24.9 Å². The van der Waals surface area contributed by atoms with E-state index >= 15 is 0 Å². The summed E-state index contributed by atoms with van der Waals surface area (Å²) < 4.78 is 0. The summed E-state index contributed by atoms with van der Waals surface area (Å²) in [5, 5.41) is 4.94. The van der Waals surface area contributed by atoms with E-state index in [1.54, 1.807) is 0 Å². The average molecular weight is 217 g/mol. The topological polar surface area (TPSA) is 44.4 Å². The summed E-state index contributed by atoms with van der Waals surface area (Å²) in [5.74, 6) is 0. The van der Waals surface area contributed by atoms with Crippen LogP contribution in [0, 0.1) is 0 Å². The minimum Gasteiger partial charge on any atom is -0.335 e. The van der Waals surface area contributed by atoms with Crippen LogP contribution in [0.15, 0.2) is 30.3 Å². The summed E-state index contributed by atoms with van der Waals surface area (Å²) in [4.78, 5) is 11.3. The largest absolute Gasteiger partial charge is 0.335 e. The molecule has 2 N–H and O–H groups in total. The van der Waals surface area contributed by atoms with Crippen LogP contribution in [0.2, 0.25) is 0 Å².